The summed E-state index contributed by atoms with van der Waals surface area (Å²) in [5, 5.41) is 3.22. The maximum absolute atomic E-state index is 5.17. The van der Waals surface area contributed by atoms with Crippen LogP contribution in [0.4, 0.5) is 0 Å². The van der Waals surface area contributed by atoms with Gasteiger partial charge in [0.1, 0.15) is 0 Å². The quantitative estimate of drug-likeness (QED) is 0.664. The molecule has 0 aromatic carbocycles. The summed E-state index contributed by atoms with van der Waals surface area (Å²) >= 11 is 3.27. The fraction of sp³-hybridized carbons (Fsp3) is 0.750. The molecule has 0 amide bonds. The number of hydrogen-bond acceptors (Lipinski definition) is 2. The molecule has 0 aromatic heterocycles. The van der Waals surface area contributed by atoms with Crippen LogP contribution in [0.3, 0.4) is 0 Å². The van der Waals surface area contributed by atoms with E-state index in [-0.39, 0.29) is 0 Å². The Bertz CT molecular complexity index is 106. The van der Waals surface area contributed by atoms with E-state index >= 15 is 0 Å². The van der Waals surface area contributed by atoms with Gasteiger partial charge >= 0.3 is 0 Å². The van der Waals surface area contributed by atoms with Gasteiger partial charge in [0, 0.05) is 24.2 Å². The van der Waals surface area contributed by atoms with Gasteiger partial charge in [-0.2, -0.15) is 0 Å². The first-order valence-electron chi connectivity index (χ1n) is 3.89. The molecule has 2 nitrogen and oxygen atoms in total. The maximum atomic E-state index is 5.17. The molecule has 3 heteroatoms. The van der Waals surface area contributed by atoms with Crippen molar-refractivity contribution in [2.24, 2.45) is 0 Å². The van der Waals surface area contributed by atoms with Crippen LogP contribution in [0.1, 0.15) is 13.3 Å². The van der Waals surface area contributed by atoms with Crippen molar-refractivity contribution in [3.63, 3.8) is 0 Å². The summed E-state index contributed by atoms with van der Waals surface area (Å²) in [4.78, 5) is 0. The average Bonchev–Trinajstić information content (AvgIpc) is 1.96. The van der Waals surface area contributed by atoms with Gasteiger partial charge in [0.2, 0.25) is 0 Å². The molecule has 0 aliphatic rings. The molecule has 11 heavy (non-hydrogen) atoms. The summed E-state index contributed by atoms with van der Waals surface area (Å²) in [6.07, 6.45) is 1.06. The molecule has 0 aliphatic carbocycles. The molecule has 0 rings (SSSR count). The molecule has 0 saturated heterocycles. The summed E-state index contributed by atoms with van der Waals surface area (Å²) in [7, 11) is 0. The van der Waals surface area contributed by atoms with E-state index in [2.05, 4.69) is 27.8 Å². The lowest BCUT2D eigenvalue weighted by molar-refractivity contribution is 0.145. The standard InChI is InChI=1S/C8H16BrNO/c1-3-11-6-4-5-10-7-8(2)9/h10H,2-7H2,1H3. The van der Waals surface area contributed by atoms with Gasteiger partial charge in [-0.25, -0.2) is 0 Å². The molecule has 0 saturated carbocycles. The Morgan fingerprint density at radius 2 is 2.36 bits per heavy atom. The van der Waals surface area contributed by atoms with Crippen molar-refractivity contribution in [2.75, 3.05) is 26.3 Å². The Hall–Kier alpha value is 0.140. The van der Waals surface area contributed by atoms with Crippen LogP contribution in [0, 0.1) is 0 Å². The van der Waals surface area contributed by atoms with Crippen LogP contribution < -0.4 is 5.32 Å². The zero-order valence-electron chi connectivity index (χ0n) is 7.03. The lowest BCUT2D eigenvalue weighted by Gasteiger charge is -2.02. The number of ether oxygens (including phenoxy) is 1. The lowest BCUT2D eigenvalue weighted by Crippen LogP contribution is -2.17. The lowest BCUT2D eigenvalue weighted by atomic mass is 10.4. The van der Waals surface area contributed by atoms with E-state index in [1.54, 1.807) is 0 Å². The molecular formula is C8H16BrNO. The van der Waals surface area contributed by atoms with Gasteiger partial charge in [-0.1, -0.05) is 22.5 Å². The predicted molar refractivity (Wildman–Crippen MR) is 52.0 cm³/mol. The van der Waals surface area contributed by atoms with Crippen LogP contribution >= 0.6 is 15.9 Å². The van der Waals surface area contributed by atoms with E-state index in [0.717, 1.165) is 37.2 Å². The Labute approximate surface area is 77.1 Å². The van der Waals surface area contributed by atoms with Gasteiger partial charge in [-0.15, -0.1) is 0 Å². The minimum Gasteiger partial charge on any atom is -0.382 e. The third kappa shape index (κ3) is 10.1. The summed E-state index contributed by atoms with van der Waals surface area (Å²) in [5.41, 5.74) is 0. The highest BCUT2D eigenvalue weighted by Crippen LogP contribution is 1.96. The predicted octanol–water partition coefficient (Wildman–Crippen LogP) is 1.91. The largest absolute Gasteiger partial charge is 0.382 e. The Balaban J connectivity index is 2.85. The molecule has 0 fully saturated rings. The third-order valence-electron chi connectivity index (χ3n) is 1.16. The molecule has 0 bridgehead atoms. The van der Waals surface area contributed by atoms with Crippen LogP contribution in [-0.4, -0.2) is 26.3 Å². The van der Waals surface area contributed by atoms with E-state index in [1.807, 2.05) is 6.92 Å². The van der Waals surface area contributed by atoms with Crippen molar-refractivity contribution >= 4 is 15.9 Å². The summed E-state index contributed by atoms with van der Waals surface area (Å²) in [6, 6.07) is 0. The molecule has 66 valence electrons. The van der Waals surface area contributed by atoms with Crippen molar-refractivity contribution in [2.45, 2.75) is 13.3 Å². The fourth-order valence-corrected chi connectivity index (χ4v) is 0.866. The van der Waals surface area contributed by atoms with Crippen molar-refractivity contribution in [3.05, 3.63) is 11.1 Å². The maximum Gasteiger partial charge on any atom is 0.0477 e. The molecule has 1 N–H and O–H groups in total. The van der Waals surface area contributed by atoms with Gasteiger partial charge in [0.05, 0.1) is 0 Å². The van der Waals surface area contributed by atoms with Crippen LogP contribution in [0.25, 0.3) is 0 Å². The van der Waals surface area contributed by atoms with Crippen LogP contribution in [0.5, 0.6) is 0 Å². The molecule has 0 spiro atoms. The fourth-order valence-electron chi connectivity index (χ4n) is 0.668. The van der Waals surface area contributed by atoms with E-state index in [0.29, 0.717) is 0 Å². The topological polar surface area (TPSA) is 21.3 Å². The van der Waals surface area contributed by atoms with Gasteiger partial charge in [0.25, 0.3) is 0 Å². The van der Waals surface area contributed by atoms with E-state index in [1.165, 1.54) is 0 Å². The van der Waals surface area contributed by atoms with Crippen molar-refractivity contribution in [1.29, 1.82) is 0 Å². The minimum absolute atomic E-state index is 0.811. The molecule has 0 unspecified atom stereocenters. The Morgan fingerprint density at radius 3 is 2.91 bits per heavy atom. The van der Waals surface area contributed by atoms with Crippen LogP contribution in [0.2, 0.25) is 0 Å². The van der Waals surface area contributed by atoms with Gasteiger partial charge < -0.3 is 10.1 Å². The molecular weight excluding hydrogens is 206 g/mol. The first kappa shape index (κ1) is 11.1. The normalized spacial score (nSPS) is 10.0. The van der Waals surface area contributed by atoms with E-state index < -0.39 is 0 Å². The van der Waals surface area contributed by atoms with Gasteiger partial charge in [-0.3, -0.25) is 0 Å². The Kier molecular flexibility index (Phi) is 8.34. The van der Waals surface area contributed by atoms with E-state index in [4.69, 9.17) is 4.74 Å². The minimum atomic E-state index is 0.811. The molecule has 0 atom stereocenters. The van der Waals surface area contributed by atoms with Crippen LogP contribution in [-0.2, 0) is 4.74 Å². The zero-order chi connectivity index (χ0) is 8.53. The smallest absolute Gasteiger partial charge is 0.0477 e. The molecule has 0 aromatic rings. The molecule has 0 heterocycles. The first-order chi connectivity index (χ1) is 5.27. The number of halogens is 1. The third-order valence-corrected chi connectivity index (χ3v) is 1.44. The summed E-state index contributed by atoms with van der Waals surface area (Å²) < 4.78 is 6.16. The first-order valence-corrected chi connectivity index (χ1v) is 4.68. The zero-order valence-corrected chi connectivity index (χ0v) is 8.61. The molecule has 0 radical (unpaired) electrons. The summed E-state index contributed by atoms with van der Waals surface area (Å²) in [6.45, 7) is 9.21. The second-order valence-electron chi connectivity index (χ2n) is 2.24. The SMILES string of the molecule is C=C(Br)CNCCCOCC. The highest BCUT2D eigenvalue weighted by molar-refractivity contribution is 9.11. The van der Waals surface area contributed by atoms with Gasteiger partial charge in [-0.05, 0) is 19.9 Å². The highest BCUT2D eigenvalue weighted by Gasteiger charge is 1.88. The molecule has 0 aliphatic heterocycles. The van der Waals surface area contributed by atoms with Crippen molar-refractivity contribution in [3.8, 4) is 0 Å². The second kappa shape index (κ2) is 8.24. The highest BCUT2D eigenvalue weighted by atomic mass is 79.9. The van der Waals surface area contributed by atoms with Crippen molar-refractivity contribution in [1.82, 2.24) is 5.32 Å². The Morgan fingerprint density at radius 1 is 1.64 bits per heavy atom. The van der Waals surface area contributed by atoms with Crippen LogP contribution in [0.15, 0.2) is 11.1 Å². The number of nitrogens with one attached hydrogen (secondary N) is 1. The second-order valence-corrected chi connectivity index (χ2v) is 3.37. The van der Waals surface area contributed by atoms with E-state index in [9.17, 15) is 0 Å². The average molecular weight is 222 g/mol. The summed E-state index contributed by atoms with van der Waals surface area (Å²) in [5.74, 6) is 0. The monoisotopic (exact) mass is 221 g/mol. The van der Waals surface area contributed by atoms with Gasteiger partial charge in [0.15, 0.2) is 0 Å². The number of rotatable bonds is 7. The van der Waals surface area contributed by atoms with Crippen molar-refractivity contribution < 1.29 is 4.74 Å². The number of hydrogen-bond donors (Lipinski definition) is 1.